The summed E-state index contributed by atoms with van der Waals surface area (Å²) in [6.07, 6.45) is 8.66. The quantitative estimate of drug-likeness (QED) is 0.849. The maximum atomic E-state index is 12.1. The monoisotopic (exact) mass is 299 g/mol. The van der Waals surface area contributed by atoms with Crippen LogP contribution >= 0.6 is 0 Å². The molecular formula is C16H21N5O. The molecule has 0 unspecified atom stereocenters. The van der Waals surface area contributed by atoms with Gasteiger partial charge < -0.3 is 10.2 Å². The average molecular weight is 299 g/mol. The Morgan fingerprint density at radius 2 is 2.14 bits per heavy atom. The number of nitrogens with zero attached hydrogens (tertiary/aromatic N) is 4. The molecule has 0 spiro atoms. The summed E-state index contributed by atoms with van der Waals surface area (Å²) < 4.78 is 0. The standard InChI is InChI=1S/C16H21N5O/c1-3-4-8-21(2)16(22)14-11-20-15(12-18-14)19-10-13-6-5-7-17-9-13/h5-7,9,11-12H,3-4,8,10H2,1-2H3,(H,19,20). The molecule has 0 aliphatic rings. The van der Waals surface area contributed by atoms with Gasteiger partial charge in [-0.05, 0) is 18.1 Å². The van der Waals surface area contributed by atoms with E-state index in [4.69, 9.17) is 0 Å². The van der Waals surface area contributed by atoms with Gasteiger partial charge in [-0.15, -0.1) is 0 Å². The number of carbonyl (C=O) groups is 1. The van der Waals surface area contributed by atoms with Crippen LogP contribution in [0.2, 0.25) is 0 Å². The van der Waals surface area contributed by atoms with Gasteiger partial charge in [-0.25, -0.2) is 9.97 Å². The Hall–Kier alpha value is -2.50. The molecule has 0 aliphatic heterocycles. The van der Waals surface area contributed by atoms with E-state index in [0.29, 0.717) is 18.1 Å². The van der Waals surface area contributed by atoms with Crippen LogP contribution in [0.25, 0.3) is 0 Å². The Kier molecular flexibility index (Phi) is 5.82. The maximum Gasteiger partial charge on any atom is 0.273 e. The lowest BCUT2D eigenvalue weighted by Gasteiger charge is -2.16. The topological polar surface area (TPSA) is 71.0 Å². The van der Waals surface area contributed by atoms with E-state index in [1.165, 1.54) is 6.20 Å². The highest BCUT2D eigenvalue weighted by molar-refractivity contribution is 5.91. The van der Waals surface area contributed by atoms with Crippen molar-refractivity contribution in [3.8, 4) is 0 Å². The van der Waals surface area contributed by atoms with Crippen LogP contribution < -0.4 is 5.32 Å². The highest BCUT2D eigenvalue weighted by Crippen LogP contribution is 2.06. The zero-order valence-corrected chi connectivity index (χ0v) is 13.0. The van der Waals surface area contributed by atoms with Crippen LogP contribution in [0.3, 0.4) is 0 Å². The van der Waals surface area contributed by atoms with Gasteiger partial charge in [0.15, 0.2) is 0 Å². The molecule has 22 heavy (non-hydrogen) atoms. The van der Waals surface area contributed by atoms with Crippen molar-refractivity contribution in [1.29, 1.82) is 0 Å². The number of nitrogens with one attached hydrogen (secondary N) is 1. The van der Waals surface area contributed by atoms with Gasteiger partial charge in [-0.1, -0.05) is 19.4 Å². The zero-order valence-electron chi connectivity index (χ0n) is 13.0. The van der Waals surface area contributed by atoms with E-state index in [1.54, 1.807) is 30.5 Å². The third-order valence-electron chi connectivity index (χ3n) is 3.26. The van der Waals surface area contributed by atoms with Gasteiger partial charge in [-0.2, -0.15) is 0 Å². The van der Waals surface area contributed by atoms with Gasteiger partial charge in [0.25, 0.3) is 5.91 Å². The number of aromatic nitrogens is 3. The summed E-state index contributed by atoms with van der Waals surface area (Å²) in [5.74, 6) is 0.538. The highest BCUT2D eigenvalue weighted by Gasteiger charge is 2.12. The summed E-state index contributed by atoms with van der Waals surface area (Å²) in [7, 11) is 1.79. The number of carbonyl (C=O) groups excluding carboxylic acids is 1. The Morgan fingerprint density at radius 3 is 2.77 bits per heavy atom. The average Bonchev–Trinajstić information content (AvgIpc) is 2.58. The van der Waals surface area contributed by atoms with Crippen LogP contribution in [0.15, 0.2) is 36.9 Å². The fourth-order valence-corrected chi connectivity index (χ4v) is 1.92. The van der Waals surface area contributed by atoms with Crippen molar-refractivity contribution in [2.45, 2.75) is 26.3 Å². The fourth-order valence-electron chi connectivity index (χ4n) is 1.92. The SMILES string of the molecule is CCCCN(C)C(=O)c1cnc(NCc2cccnc2)cn1. The molecule has 2 heterocycles. The molecule has 0 atom stereocenters. The molecule has 2 aromatic rings. The largest absolute Gasteiger partial charge is 0.365 e. The second-order valence-electron chi connectivity index (χ2n) is 5.08. The second-order valence-corrected chi connectivity index (χ2v) is 5.08. The normalized spacial score (nSPS) is 10.3. The van der Waals surface area contributed by atoms with E-state index in [2.05, 4.69) is 27.2 Å². The summed E-state index contributed by atoms with van der Waals surface area (Å²) in [4.78, 5) is 26.3. The van der Waals surface area contributed by atoms with Crippen LogP contribution in [0, 0.1) is 0 Å². The molecule has 2 rings (SSSR count). The molecule has 0 fully saturated rings. The van der Waals surface area contributed by atoms with Crippen LogP contribution in [-0.4, -0.2) is 39.4 Å². The molecule has 0 saturated heterocycles. The summed E-state index contributed by atoms with van der Waals surface area (Å²) in [5.41, 5.74) is 1.43. The molecule has 0 radical (unpaired) electrons. The van der Waals surface area contributed by atoms with Gasteiger partial charge in [0.05, 0.1) is 12.4 Å². The van der Waals surface area contributed by atoms with Crippen LogP contribution in [0.4, 0.5) is 5.82 Å². The molecular weight excluding hydrogens is 278 g/mol. The Morgan fingerprint density at radius 1 is 1.27 bits per heavy atom. The molecule has 0 bridgehead atoms. The smallest absolute Gasteiger partial charge is 0.273 e. The number of hydrogen-bond acceptors (Lipinski definition) is 5. The lowest BCUT2D eigenvalue weighted by Crippen LogP contribution is -2.28. The molecule has 116 valence electrons. The van der Waals surface area contributed by atoms with Crippen molar-refractivity contribution >= 4 is 11.7 Å². The first kappa shape index (κ1) is 15.9. The molecule has 6 heteroatoms. The van der Waals surface area contributed by atoms with Gasteiger partial charge in [0, 0.05) is 32.5 Å². The summed E-state index contributed by atoms with van der Waals surface area (Å²) in [6, 6.07) is 3.87. The van der Waals surface area contributed by atoms with Crippen LogP contribution in [0.1, 0.15) is 35.8 Å². The first-order valence-corrected chi connectivity index (χ1v) is 7.41. The Labute approximate surface area is 130 Å². The predicted molar refractivity (Wildman–Crippen MR) is 85.5 cm³/mol. The fraction of sp³-hybridized carbons (Fsp3) is 0.375. The number of anilines is 1. The molecule has 6 nitrogen and oxygen atoms in total. The summed E-state index contributed by atoms with van der Waals surface area (Å²) >= 11 is 0. The van der Waals surface area contributed by atoms with E-state index in [0.717, 1.165) is 24.9 Å². The third-order valence-corrected chi connectivity index (χ3v) is 3.26. The molecule has 1 amide bonds. The number of unbranched alkanes of at least 4 members (excludes halogenated alkanes) is 1. The van der Waals surface area contributed by atoms with Gasteiger partial charge >= 0.3 is 0 Å². The van der Waals surface area contributed by atoms with E-state index in [9.17, 15) is 4.79 Å². The minimum absolute atomic E-state index is 0.0974. The van der Waals surface area contributed by atoms with Crippen LogP contribution in [-0.2, 0) is 6.54 Å². The molecule has 0 aliphatic carbocycles. The van der Waals surface area contributed by atoms with Crippen molar-refractivity contribution in [3.05, 3.63) is 48.2 Å². The molecule has 0 aromatic carbocycles. The van der Waals surface area contributed by atoms with Crippen molar-refractivity contribution in [3.63, 3.8) is 0 Å². The minimum Gasteiger partial charge on any atom is -0.365 e. The summed E-state index contributed by atoms with van der Waals surface area (Å²) in [6.45, 7) is 3.45. The number of rotatable bonds is 7. The number of hydrogen-bond donors (Lipinski definition) is 1. The van der Waals surface area contributed by atoms with Gasteiger partial charge in [-0.3, -0.25) is 9.78 Å². The molecule has 1 N–H and O–H groups in total. The third kappa shape index (κ3) is 4.51. The van der Waals surface area contributed by atoms with E-state index in [1.807, 2.05) is 12.1 Å². The minimum atomic E-state index is -0.0974. The van der Waals surface area contributed by atoms with Crippen LogP contribution in [0.5, 0.6) is 0 Å². The van der Waals surface area contributed by atoms with Crippen molar-refractivity contribution < 1.29 is 4.79 Å². The van der Waals surface area contributed by atoms with Crippen molar-refractivity contribution in [2.75, 3.05) is 18.9 Å². The van der Waals surface area contributed by atoms with Gasteiger partial charge in [0.2, 0.25) is 0 Å². The maximum absolute atomic E-state index is 12.1. The second kappa shape index (κ2) is 8.07. The lowest BCUT2D eigenvalue weighted by molar-refractivity contribution is 0.0787. The zero-order chi connectivity index (χ0) is 15.8. The lowest BCUT2D eigenvalue weighted by atomic mass is 10.3. The number of amides is 1. The Balaban J connectivity index is 1.91. The molecule has 0 saturated carbocycles. The number of pyridine rings is 1. The first-order chi connectivity index (χ1) is 10.7. The van der Waals surface area contributed by atoms with E-state index < -0.39 is 0 Å². The van der Waals surface area contributed by atoms with Crippen molar-refractivity contribution in [2.24, 2.45) is 0 Å². The summed E-state index contributed by atoms with van der Waals surface area (Å²) in [5, 5.41) is 3.15. The predicted octanol–water partition coefficient (Wildman–Crippen LogP) is 2.36. The Bertz CT molecular complexity index is 585. The van der Waals surface area contributed by atoms with Gasteiger partial charge in [0.1, 0.15) is 11.5 Å². The molecule has 2 aromatic heterocycles. The van der Waals surface area contributed by atoms with Crippen molar-refractivity contribution in [1.82, 2.24) is 19.9 Å². The highest BCUT2D eigenvalue weighted by atomic mass is 16.2. The van der Waals surface area contributed by atoms with E-state index in [-0.39, 0.29) is 5.91 Å². The van der Waals surface area contributed by atoms with E-state index >= 15 is 0 Å². The first-order valence-electron chi connectivity index (χ1n) is 7.41.